The maximum Gasteiger partial charge on any atom is 0.262 e. The molecule has 0 atom stereocenters. The Morgan fingerprint density at radius 2 is 1.89 bits per heavy atom. The molecule has 0 bridgehead atoms. The predicted octanol–water partition coefficient (Wildman–Crippen LogP) is 4.01. The third-order valence-electron chi connectivity index (χ3n) is 4.80. The second kappa shape index (κ2) is 7.20. The van der Waals surface area contributed by atoms with Gasteiger partial charge in [0, 0.05) is 24.6 Å². The van der Waals surface area contributed by atoms with Gasteiger partial charge in [-0.15, -0.1) is 0 Å². The molecule has 0 radical (unpaired) electrons. The van der Waals surface area contributed by atoms with E-state index < -0.39 is 5.79 Å². The van der Waals surface area contributed by atoms with Gasteiger partial charge in [0.15, 0.2) is 18.1 Å². The number of nitrogens with zero attached hydrogens (tertiary/aromatic N) is 1. The van der Waals surface area contributed by atoms with E-state index >= 15 is 0 Å². The smallest absolute Gasteiger partial charge is 0.262 e. The van der Waals surface area contributed by atoms with E-state index in [4.69, 9.17) is 19.5 Å². The fourth-order valence-corrected chi connectivity index (χ4v) is 3.49. The Hall–Kier alpha value is -3.20. The summed E-state index contributed by atoms with van der Waals surface area (Å²) in [6, 6.07) is 14.2. The van der Waals surface area contributed by atoms with Crippen LogP contribution in [0, 0.1) is 11.3 Å². The Kier molecular flexibility index (Phi) is 4.59. The zero-order valence-corrected chi connectivity index (χ0v) is 14.9. The summed E-state index contributed by atoms with van der Waals surface area (Å²) in [5.41, 5.74) is 1.01. The van der Waals surface area contributed by atoms with Gasteiger partial charge in [-0.05, 0) is 37.1 Å². The van der Waals surface area contributed by atoms with Gasteiger partial charge in [-0.2, -0.15) is 5.26 Å². The van der Waals surface area contributed by atoms with E-state index in [0.29, 0.717) is 28.5 Å². The molecule has 138 valence electrons. The molecule has 6 nitrogen and oxygen atoms in total. The highest BCUT2D eigenvalue weighted by Crippen LogP contribution is 2.46. The van der Waals surface area contributed by atoms with Crippen LogP contribution in [0.25, 0.3) is 0 Å². The average Bonchev–Trinajstić information content (AvgIpc) is 3.03. The number of anilines is 1. The molecule has 6 heteroatoms. The zero-order valence-electron chi connectivity index (χ0n) is 14.9. The lowest BCUT2D eigenvalue weighted by Gasteiger charge is -2.31. The fourth-order valence-electron chi connectivity index (χ4n) is 3.49. The van der Waals surface area contributed by atoms with E-state index in [9.17, 15) is 4.79 Å². The molecule has 1 heterocycles. The molecule has 1 amide bonds. The lowest BCUT2D eigenvalue weighted by molar-refractivity contribution is -0.118. The van der Waals surface area contributed by atoms with E-state index in [1.54, 1.807) is 36.4 Å². The number of ether oxygens (including phenoxy) is 3. The van der Waals surface area contributed by atoms with Crippen molar-refractivity contribution >= 4 is 11.6 Å². The average molecular weight is 364 g/mol. The van der Waals surface area contributed by atoms with E-state index in [1.165, 1.54) is 6.42 Å². The minimum atomic E-state index is -0.534. The first-order valence-electron chi connectivity index (χ1n) is 9.11. The minimum absolute atomic E-state index is 0.183. The first kappa shape index (κ1) is 17.2. The molecular formula is C21H20N2O4. The van der Waals surface area contributed by atoms with Crippen LogP contribution in [0.2, 0.25) is 0 Å². The molecule has 4 rings (SSSR count). The Labute approximate surface area is 157 Å². The van der Waals surface area contributed by atoms with Crippen molar-refractivity contribution in [3.63, 3.8) is 0 Å². The van der Waals surface area contributed by atoms with Crippen LogP contribution in [-0.4, -0.2) is 18.3 Å². The number of rotatable bonds is 4. The number of carbonyl (C=O) groups excluding carboxylic acids is 1. The Morgan fingerprint density at radius 1 is 1.11 bits per heavy atom. The van der Waals surface area contributed by atoms with Gasteiger partial charge in [-0.3, -0.25) is 4.79 Å². The highest BCUT2D eigenvalue weighted by Gasteiger charge is 2.42. The van der Waals surface area contributed by atoms with Gasteiger partial charge < -0.3 is 19.5 Å². The third kappa shape index (κ3) is 3.68. The molecular weight excluding hydrogens is 344 g/mol. The van der Waals surface area contributed by atoms with Gasteiger partial charge in [-0.25, -0.2) is 0 Å². The normalized spacial score (nSPS) is 16.6. The van der Waals surface area contributed by atoms with Crippen molar-refractivity contribution in [1.29, 1.82) is 5.26 Å². The van der Waals surface area contributed by atoms with Crippen LogP contribution in [0.3, 0.4) is 0 Å². The highest BCUT2D eigenvalue weighted by molar-refractivity contribution is 5.92. The van der Waals surface area contributed by atoms with E-state index in [-0.39, 0.29) is 12.5 Å². The minimum Gasteiger partial charge on any atom is -0.482 e. The molecule has 1 spiro atoms. The molecule has 0 aromatic heterocycles. The van der Waals surface area contributed by atoms with E-state index in [2.05, 4.69) is 5.32 Å². The first-order chi connectivity index (χ1) is 13.2. The third-order valence-corrected chi connectivity index (χ3v) is 4.80. The molecule has 2 aromatic carbocycles. The van der Waals surface area contributed by atoms with Gasteiger partial charge in [0.2, 0.25) is 0 Å². The molecule has 0 unspecified atom stereocenters. The Morgan fingerprint density at radius 3 is 2.70 bits per heavy atom. The summed E-state index contributed by atoms with van der Waals surface area (Å²) in [5.74, 6) is 0.918. The lowest BCUT2D eigenvalue weighted by Crippen LogP contribution is -2.40. The molecule has 0 saturated heterocycles. The van der Waals surface area contributed by atoms with E-state index in [1.807, 2.05) is 12.1 Å². The van der Waals surface area contributed by atoms with Crippen LogP contribution >= 0.6 is 0 Å². The largest absolute Gasteiger partial charge is 0.482 e. The van der Waals surface area contributed by atoms with Crippen molar-refractivity contribution in [2.75, 3.05) is 11.9 Å². The topological polar surface area (TPSA) is 80.6 Å². The number of nitrogens with one attached hydrogen (secondary N) is 1. The van der Waals surface area contributed by atoms with Crippen molar-refractivity contribution in [2.45, 2.75) is 37.9 Å². The number of nitriles is 1. The highest BCUT2D eigenvalue weighted by atomic mass is 16.7. The Balaban J connectivity index is 1.37. The summed E-state index contributed by atoms with van der Waals surface area (Å²) < 4.78 is 17.6. The lowest BCUT2D eigenvalue weighted by atomic mass is 9.94. The summed E-state index contributed by atoms with van der Waals surface area (Å²) in [5, 5.41) is 11.8. The van der Waals surface area contributed by atoms with Crippen molar-refractivity contribution in [1.82, 2.24) is 0 Å². The number of fused-ring (bicyclic) bond motifs is 1. The molecule has 2 aromatic rings. The van der Waals surface area contributed by atoms with E-state index in [0.717, 1.165) is 25.7 Å². The maximum absolute atomic E-state index is 12.2. The molecule has 27 heavy (non-hydrogen) atoms. The van der Waals surface area contributed by atoms with Crippen LogP contribution < -0.4 is 19.5 Å². The van der Waals surface area contributed by atoms with Crippen molar-refractivity contribution in [3.8, 4) is 23.3 Å². The quantitative estimate of drug-likeness (QED) is 0.887. The van der Waals surface area contributed by atoms with Crippen molar-refractivity contribution in [3.05, 3.63) is 48.0 Å². The summed E-state index contributed by atoms with van der Waals surface area (Å²) in [6.07, 6.45) is 5.17. The SMILES string of the molecule is N#Cc1ccccc1OCC(=O)Nc1ccc2c(c1)OC1(CCCCC1)O2. The summed E-state index contributed by atoms with van der Waals surface area (Å²) in [6.45, 7) is -0.183. The standard InChI is InChI=1S/C21H20N2O4/c22-13-15-6-2-3-7-17(15)25-14-20(24)23-16-8-9-18-19(12-16)27-21(26-18)10-4-1-5-11-21/h2-3,6-9,12H,1,4-5,10-11,14H2,(H,23,24). The van der Waals surface area contributed by atoms with Gasteiger partial charge in [0.25, 0.3) is 11.7 Å². The van der Waals surface area contributed by atoms with Crippen LogP contribution in [0.5, 0.6) is 17.2 Å². The summed E-state index contributed by atoms with van der Waals surface area (Å²) >= 11 is 0. The molecule has 1 fully saturated rings. The number of carbonyl (C=O) groups is 1. The van der Waals surface area contributed by atoms with Gasteiger partial charge in [0.1, 0.15) is 11.8 Å². The summed E-state index contributed by atoms with van der Waals surface area (Å²) in [7, 11) is 0. The maximum atomic E-state index is 12.2. The van der Waals surface area contributed by atoms with Crippen LogP contribution in [0.15, 0.2) is 42.5 Å². The van der Waals surface area contributed by atoms with Crippen LogP contribution in [0.1, 0.15) is 37.7 Å². The predicted molar refractivity (Wildman–Crippen MR) is 98.8 cm³/mol. The first-order valence-corrected chi connectivity index (χ1v) is 9.11. The fraction of sp³-hybridized carbons (Fsp3) is 0.333. The summed E-state index contributed by atoms with van der Waals surface area (Å²) in [4.78, 5) is 12.2. The van der Waals surface area contributed by atoms with Crippen LogP contribution in [-0.2, 0) is 4.79 Å². The van der Waals surface area contributed by atoms with Crippen molar-refractivity contribution in [2.24, 2.45) is 0 Å². The number of benzene rings is 2. The molecule has 1 aliphatic heterocycles. The number of hydrogen-bond donors (Lipinski definition) is 1. The number of amides is 1. The van der Waals surface area contributed by atoms with Crippen LogP contribution in [0.4, 0.5) is 5.69 Å². The molecule has 1 N–H and O–H groups in total. The van der Waals surface area contributed by atoms with Gasteiger partial charge in [0.05, 0.1) is 5.56 Å². The van der Waals surface area contributed by atoms with Gasteiger partial charge >= 0.3 is 0 Å². The van der Waals surface area contributed by atoms with Gasteiger partial charge in [-0.1, -0.05) is 18.6 Å². The molecule has 1 saturated carbocycles. The van der Waals surface area contributed by atoms with Crippen molar-refractivity contribution < 1.29 is 19.0 Å². The Bertz CT molecular complexity index is 897. The zero-order chi connectivity index (χ0) is 18.7. The second-order valence-electron chi connectivity index (χ2n) is 6.78. The molecule has 2 aliphatic rings. The number of para-hydroxylation sites is 1. The second-order valence-corrected chi connectivity index (χ2v) is 6.78. The molecule has 1 aliphatic carbocycles. The number of hydrogen-bond acceptors (Lipinski definition) is 5. The monoisotopic (exact) mass is 364 g/mol.